The van der Waals surface area contributed by atoms with Crippen molar-refractivity contribution in [2.75, 3.05) is 20.1 Å². The van der Waals surface area contributed by atoms with Crippen molar-refractivity contribution in [1.82, 2.24) is 4.90 Å². The Morgan fingerprint density at radius 1 is 1.12 bits per heavy atom. The average Bonchev–Trinajstić information content (AvgIpc) is 2.59. The first-order valence-electron chi connectivity index (χ1n) is 9.11. The van der Waals surface area contributed by atoms with Gasteiger partial charge in [0.05, 0.1) is 0 Å². The van der Waals surface area contributed by atoms with Crippen LogP contribution in [0.15, 0.2) is 48.5 Å². The fourth-order valence-electron chi connectivity index (χ4n) is 4.27. The molecular formula is C22H30N2O. The minimum absolute atomic E-state index is 0.228. The SMILES string of the molecule is CC(C)c1ccc(C(O)(c2cccc(CN)c2)C2(C)CN(C)C2)cc1. The van der Waals surface area contributed by atoms with Crippen LogP contribution >= 0.6 is 0 Å². The van der Waals surface area contributed by atoms with Gasteiger partial charge in [0.25, 0.3) is 0 Å². The zero-order valence-electron chi connectivity index (χ0n) is 15.8. The number of benzene rings is 2. The van der Waals surface area contributed by atoms with Crippen LogP contribution in [0.3, 0.4) is 0 Å². The Morgan fingerprint density at radius 2 is 1.76 bits per heavy atom. The molecule has 0 bridgehead atoms. The predicted molar refractivity (Wildman–Crippen MR) is 103 cm³/mol. The maximum Gasteiger partial charge on any atom is 0.122 e. The monoisotopic (exact) mass is 338 g/mol. The molecule has 0 spiro atoms. The van der Waals surface area contributed by atoms with E-state index in [1.54, 1.807) is 0 Å². The van der Waals surface area contributed by atoms with Gasteiger partial charge in [-0.2, -0.15) is 0 Å². The van der Waals surface area contributed by atoms with Crippen LogP contribution in [0, 0.1) is 5.41 Å². The summed E-state index contributed by atoms with van der Waals surface area (Å²) < 4.78 is 0. The standard InChI is InChI=1S/C22H30N2O/c1-16(2)18-8-10-19(11-9-18)22(25,21(3)14-24(4)15-21)20-7-5-6-17(12-20)13-23/h5-12,16,25H,13-15,23H2,1-4H3. The maximum atomic E-state index is 12.0. The number of rotatable bonds is 5. The van der Waals surface area contributed by atoms with Crippen molar-refractivity contribution in [2.24, 2.45) is 11.1 Å². The van der Waals surface area contributed by atoms with Gasteiger partial charge in [-0.15, -0.1) is 0 Å². The third kappa shape index (κ3) is 3.01. The summed E-state index contributed by atoms with van der Waals surface area (Å²) in [5, 5.41) is 12.0. The van der Waals surface area contributed by atoms with Crippen LogP contribution in [0.5, 0.6) is 0 Å². The molecule has 1 atom stereocenters. The van der Waals surface area contributed by atoms with Gasteiger partial charge in [-0.1, -0.05) is 69.3 Å². The first-order chi connectivity index (χ1) is 11.8. The fourth-order valence-corrected chi connectivity index (χ4v) is 4.27. The number of hydrogen-bond acceptors (Lipinski definition) is 3. The average molecular weight is 338 g/mol. The van der Waals surface area contributed by atoms with E-state index in [0.717, 1.165) is 29.8 Å². The molecule has 1 aliphatic rings. The second-order valence-electron chi connectivity index (χ2n) is 8.12. The van der Waals surface area contributed by atoms with E-state index in [9.17, 15) is 5.11 Å². The van der Waals surface area contributed by atoms with Gasteiger partial charge in [-0.25, -0.2) is 0 Å². The van der Waals surface area contributed by atoms with Crippen LogP contribution in [-0.4, -0.2) is 30.1 Å². The van der Waals surface area contributed by atoms with Crippen LogP contribution < -0.4 is 5.73 Å². The van der Waals surface area contributed by atoms with E-state index >= 15 is 0 Å². The Hall–Kier alpha value is -1.68. The van der Waals surface area contributed by atoms with Crippen LogP contribution in [0.4, 0.5) is 0 Å². The molecule has 3 nitrogen and oxygen atoms in total. The first-order valence-corrected chi connectivity index (χ1v) is 9.11. The van der Waals surface area contributed by atoms with Crippen LogP contribution in [-0.2, 0) is 12.1 Å². The van der Waals surface area contributed by atoms with Gasteiger partial charge in [0.1, 0.15) is 5.60 Å². The fraction of sp³-hybridized carbons (Fsp3) is 0.455. The van der Waals surface area contributed by atoms with Crippen molar-refractivity contribution in [3.05, 3.63) is 70.8 Å². The number of hydrogen-bond donors (Lipinski definition) is 2. The van der Waals surface area contributed by atoms with Crippen molar-refractivity contribution >= 4 is 0 Å². The summed E-state index contributed by atoms with van der Waals surface area (Å²) in [6.45, 7) is 8.76. The highest BCUT2D eigenvalue weighted by Crippen LogP contribution is 2.50. The van der Waals surface area contributed by atoms with E-state index in [1.165, 1.54) is 5.56 Å². The van der Waals surface area contributed by atoms with Crippen LogP contribution in [0.2, 0.25) is 0 Å². The van der Waals surface area contributed by atoms with Crippen molar-refractivity contribution in [3.63, 3.8) is 0 Å². The molecule has 0 amide bonds. The van der Waals surface area contributed by atoms with Gasteiger partial charge in [0.15, 0.2) is 0 Å². The van der Waals surface area contributed by atoms with Crippen LogP contribution in [0.25, 0.3) is 0 Å². The maximum absolute atomic E-state index is 12.0. The molecule has 1 heterocycles. The smallest absolute Gasteiger partial charge is 0.122 e. The van der Waals surface area contributed by atoms with Gasteiger partial charge >= 0.3 is 0 Å². The molecule has 1 saturated heterocycles. The first kappa shape index (κ1) is 18.1. The number of likely N-dealkylation sites (tertiary alicyclic amines) is 1. The van der Waals surface area contributed by atoms with E-state index in [4.69, 9.17) is 5.73 Å². The minimum Gasteiger partial charge on any atom is -0.380 e. The molecule has 3 rings (SSSR count). The van der Waals surface area contributed by atoms with Crippen molar-refractivity contribution in [2.45, 2.75) is 38.8 Å². The number of aliphatic hydroxyl groups is 1. The summed E-state index contributed by atoms with van der Waals surface area (Å²) >= 11 is 0. The lowest BCUT2D eigenvalue weighted by Gasteiger charge is -2.56. The van der Waals surface area contributed by atoms with E-state index in [1.807, 2.05) is 18.2 Å². The lowest BCUT2D eigenvalue weighted by atomic mass is 9.62. The summed E-state index contributed by atoms with van der Waals surface area (Å²) in [6, 6.07) is 16.6. The topological polar surface area (TPSA) is 49.5 Å². The summed E-state index contributed by atoms with van der Waals surface area (Å²) in [4.78, 5) is 2.25. The summed E-state index contributed by atoms with van der Waals surface area (Å²) in [5.74, 6) is 0.480. The van der Waals surface area contributed by atoms with Crippen molar-refractivity contribution in [3.8, 4) is 0 Å². The third-order valence-electron chi connectivity index (χ3n) is 5.69. The molecule has 134 valence electrons. The lowest BCUT2D eigenvalue weighted by Crippen LogP contribution is -2.63. The van der Waals surface area contributed by atoms with E-state index in [2.05, 4.69) is 63.1 Å². The molecule has 1 aliphatic heterocycles. The molecule has 0 aliphatic carbocycles. The Labute approximate surface area is 151 Å². The molecule has 3 heteroatoms. The van der Waals surface area contributed by atoms with E-state index in [-0.39, 0.29) is 5.41 Å². The van der Waals surface area contributed by atoms with E-state index < -0.39 is 5.60 Å². The minimum atomic E-state index is -1.03. The summed E-state index contributed by atoms with van der Waals surface area (Å²) in [6.07, 6.45) is 0. The predicted octanol–water partition coefficient (Wildman–Crippen LogP) is 3.46. The molecule has 0 radical (unpaired) electrons. The normalized spacial score (nSPS) is 19.5. The van der Waals surface area contributed by atoms with Gasteiger partial charge in [0.2, 0.25) is 0 Å². The number of nitrogens with two attached hydrogens (primary N) is 1. The zero-order valence-corrected chi connectivity index (χ0v) is 15.8. The molecule has 25 heavy (non-hydrogen) atoms. The van der Waals surface area contributed by atoms with Crippen molar-refractivity contribution in [1.29, 1.82) is 0 Å². The Balaban J connectivity index is 2.12. The molecule has 2 aromatic rings. The van der Waals surface area contributed by atoms with E-state index in [0.29, 0.717) is 12.5 Å². The van der Waals surface area contributed by atoms with Gasteiger partial charge < -0.3 is 15.7 Å². The summed E-state index contributed by atoms with van der Waals surface area (Å²) in [7, 11) is 2.10. The largest absolute Gasteiger partial charge is 0.380 e. The molecule has 0 aromatic heterocycles. The van der Waals surface area contributed by atoms with Gasteiger partial charge in [-0.05, 0) is 35.2 Å². The second kappa shape index (κ2) is 6.56. The molecule has 2 aromatic carbocycles. The molecule has 1 fully saturated rings. The lowest BCUT2D eigenvalue weighted by molar-refractivity contribution is -0.127. The molecule has 1 unspecified atom stereocenters. The van der Waals surface area contributed by atoms with Gasteiger partial charge in [0, 0.05) is 25.0 Å². The third-order valence-corrected chi connectivity index (χ3v) is 5.69. The summed E-state index contributed by atoms with van der Waals surface area (Å²) in [5.41, 5.74) is 8.82. The highest BCUT2D eigenvalue weighted by Gasteiger charge is 2.55. The highest BCUT2D eigenvalue weighted by molar-refractivity contribution is 5.43. The zero-order chi connectivity index (χ0) is 18.2. The van der Waals surface area contributed by atoms with Gasteiger partial charge in [-0.3, -0.25) is 0 Å². The molecule has 0 saturated carbocycles. The Bertz CT molecular complexity index is 732. The van der Waals surface area contributed by atoms with Crippen molar-refractivity contribution < 1.29 is 5.11 Å². The second-order valence-corrected chi connectivity index (χ2v) is 8.12. The number of nitrogens with zero attached hydrogens (tertiary/aromatic N) is 1. The Kier molecular flexibility index (Phi) is 4.76. The van der Waals surface area contributed by atoms with Crippen LogP contribution in [0.1, 0.15) is 48.9 Å². The quantitative estimate of drug-likeness (QED) is 0.878. The molecular weight excluding hydrogens is 308 g/mol. The highest BCUT2D eigenvalue weighted by atomic mass is 16.3. The molecule has 3 N–H and O–H groups in total. The Morgan fingerprint density at radius 3 is 2.28 bits per heavy atom.